The van der Waals surface area contributed by atoms with Gasteiger partial charge in [0.05, 0.1) is 11.2 Å². The van der Waals surface area contributed by atoms with E-state index in [-0.39, 0.29) is 5.91 Å². The van der Waals surface area contributed by atoms with Crippen molar-refractivity contribution in [3.8, 4) is 0 Å². The third kappa shape index (κ3) is 3.69. The first-order valence-electron chi connectivity index (χ1n) is 7.40. The normalized spacial score (nSPS) is 19.8. The van der Waals surface area contributed by atoms with Crippen molar-refractivity contribution in [3.05, 3.63) is 22.7 Å². The Balaban J connectivity index is 2.07. The lowest BCUT2D eigenvalue weighted by Crippen LogP contribution is -2.33. The molecule has 1 saturated heterocycles. The van der Waals surface area contributed by atoms with E-state index in [0.29, 0.717) is 16.5 Å². The molecule has 20 heavy (non-hydrogen) atoms. The predicted octanol–water partition coefficient (Wildman–Crippen LogP) is 3.48. The van der Waals surface area contributed by atoms with Crippen LogP contribution in [-0.2, 0) is 0 Å². The van der Waals surface area contributed by atoms with Gasteiger partial charge in [0.1, 0.15) is 5.82 Å². The molecule has 1 atom stereocenters. The van der Waals surface area contributed by atoms with Crippen molar-refractivity contribution < 1.29 is 4.79 Å². The molecule has 1 aromatic rings. The van der Waals surface area contributed by atoms with Gasteiger partial charge < -0.3 is 4.90 Å². The zero-order valence-electron chi connectivity index (χ0n) is 12.2. The van der Waals surface area contributed by atoms with Gasteiger partial charge in [0.25, 0.3) is 5.91 Å². The predicted molar refractivity (Wildman–Crippen MR) is 79.9 cm³/mol. The molecule has 1 aliphatic heterocycles. The number of halogens is 1. The Morgan fingerprint density at radius 3 is 3.00 bits per heavy atom. The highest BCUT2D eigenvalue weighted by Gasteiger charge is 2.24. The van der Waals surface area contributed by atoms with Gasteiger partial charge >= 0.3 is 0 Å². The Morgan fingerprint density at radius 2 is 2.25 bits per heavy atom. The molecule has 2 heterocycles. The highest BCUT2D eigenvalue weighted by molar-refractivity contribution is 6.33. The van der Waals surface area contributed by atoms with E-state index in [1.807, 2.05) is 4.90 Å². The lowest BCUT2D eigenvalue weighted by Gasteiger charge is -2.20. The van der Waals surface area contributed by atoms with E-state index in [2.05, 4.69) is 16.9 Å². The van der Waals surface area contributed by atoms with Crippen LogP contribution in [0, 0.1) is 12.8 Å². The van der Waals surface area contributed by atoms with Crippen LogP contribution in [0.5, 0.6) is 0 Å². The first kappa shape index (κ1) is 15.2. The summed E-state index contributed by atoms with van der Waals surface area (Å²) in [6.45, 7) is 5.60. The van der Waals surface area contributed by atoms with Crippen molar-refractivity contribution in [2.75, 3.05) is 13.1 Å². The van der Waals surface area contributed by atoms with Gasteiger partial charge in [0, 0.05) is 13.1 Å². The number of amides is 1. The van der Waals surface area contributed by atoms with Crippen molar-refractivity contribution in [2.45, 2.75) is 46.0 Å². The molecule has 1 aromatic heterocycles. The van der Waals surface area contributed by atoms with Gasteiger partial charge in [-0.2, -0.15) is 0 Å². The lowest BCUT2D eigenvalue weighted by molar-refractivity contribution is 0.0753. The second kappa shape index (κ2) is 7.02. The molecule has 0 N–H and O–H groups in total. The van der Waals surface area contributed by atoms with Crippen LogP contribution in [0.1, 0.15) is 55.3 Å². The molecule has 0 aliphatic carbocycles. The zero-order valence-corrected chi connectivity index (χ0v) is 13.0. The maximum atomic E-state index is 12.5. The van der Waals surface area contributed by atoms with Crippen molar-refractivity contribution in [1.82, 2.24) is 14.9 Å². The summed E-state index contributed by atoms with van der Waals surface area (Å²) in [5, 5.41) is 0.343. The standard InChI is InChI=1S/C15H22ClN3O/c1-3-5-12-6-4-8-19(9-7-12)15(20)14-13(16)10-17-11(2)18-14/h10,12H,3-9H2,1-2H3. The minimum absolute atomic E-state index is 0.0577. The van der Waals surface area contributed by atoms with Crippen LogP contribution in [0.4, 0.5) is 0 Å². The fraction of sp³-hybridized carbons (Fsp3) is 0.667. The SMILES string of the molecule is CCCC1CCCN(C(=O)c2nc(C)ncc2Cl)CC1. The number of nitrogens with zero attached hydrogens (tertiary/aromatic N) is 3. The topological polar surface area (TPSA) is 46.1 Å². The third-order valence-electron chi connectivity index (χ3n) is 3.90. The van der Waals surface area contributed by atoms with Gasteiger partial charge in [-0.3, -0.25) is 4.79 Å². The van der Waals surface area contributed by atoms with Gasteiger partial charge in [-0.05, 0) is 32.1 Å². The third-order valence-corrected chi connectivity index (χ3v) is 4.18. The first-order valence-corrected chi connectivity index (χ1v) is 7.78. The van der Waals surface area contributed by atoms with E-state index in [4.69, 9.17) is 11.6 Å². The van der Waals surface area contributed by atoms with Gasteiger partial charge in [-0.25, -0.2) is 9.97 Å². The smallest absolute Gasteiger partial charge is 0.274 e. The van der Waals surface area contributed by atoms with Gasteiger partial charge in [0.15, 0.2) is 5.69 Å². The monoisotopic (exact) mass is 295 g/mol. The molecule has 4 nitrogen and oxygen atoms in total. The summed E-state index contributed by atoms with van der Waals surface area (Å²) in [4.78, 5) is 22.6. The van der Waals surface area contributed by atoms with Crippen LogP contribution in [0.3, 0.4) is 0 Å². The molecule has 5 heteroatoms. The molecule has 1 fully saturated rings. The molecule has 0 spiro atoms. The Morgan fingerprint density at radius 1 is 1.45 bits per heavy atom. The molecule has 1 aliphatic rings. The second-order valence-corrected chi connectivity index (χ2v) is 5.90. The summed E-state index contributed by atoms with van der Waals surface area (Å²) in [5.74, 6) is 1.27. The molecule has 0 bridgehead atoms. The molecule has 0 aromatic carbocycles. The summed E-state index contributed by atoms with van der Waals surface area (Å²) in [6, 6.07) is 0. The van der Waals surface area contributed by atoms with E-state index in [0.717, 1.165) is 31.8 Å². The number of carbonyl (C=O) groups is 1. The summed E-state index contributed by atoms with van der Waals surface area (Å²) >= 11 is 6.06. The molecule has 2 rings (SSSR count). The fourth-order valence-electron chi connectivity index (χ4n) is 2.82. The Hall–Kier alpha value is -1.16. The molecular weight excluding hydrogens is 274 g/mol. The molecule has 0 radical (unpaired) electrons. The minimum atomic E-state index is -0.0577. The summed E-state index contributed by atoms with van der Waals surface area (Å²) in [7, 11) is 0. The average Bonchev–Trinajstić information content (AvgIpc) is 2.67. The number of likely N-dealkylation sites (tertiary alicyclic amines) is 1. The van der Waals surface area contributed by atoms with Gasteiger partial charge in [-0.15, -0.1) is 0 Å². The Kier molecular flexibility index (Phi) is 5.35. The van der Waals surface area contributed by atoms with Gasteiger partial charge in [0.2, 0.25) is 0 Å². The van der Waals surface area contributed by atoms with E-state index >= 15 is 0 Å². The quantitative estimate of drug-likeness (QED) is 0.857. The van der Waals surface area contributed by atoms with Crippen molar-refractivity contribution in [3.63, 3.8) is 0 Å². The largest absolute Gasteiger partial charge is 0.337 e. The van der Waals surface area contributed by atoms with Crippen LogP contribution in [-0.4, -0.2) is 33.9 Å². The summed E-state index contributed by atoms with van der Waals surface area (Å²) in [6.07, 6.45) is 7.35. The van der Waals surface area contributed by atoms with Crippen LogP contribution in [0.25, 0.3) is 0 Å². The number of hydrogen-bond donors (Lipinski definition) is 0. The number of aromatic nitrogens is 2. The Labute approximate surface area is 125 Å². The van der Waals surface area contributed by atoms with Crippen LogP contribution >= 0.6 is 11.6 Å². The summed E-state index contributed by atoms with van der Waals surface area (Å²) < 4.78 is 0. The zero-order chi connectivity index (χ0) is 14.5. The fourth-order valence-corrected chi connectivity index (χ4v) is 2.99. The van der Waals surface area contributed by atoms with Crippen molar-refractivity contribution >= 4 is 17.5 Å². The molecule has 1 amide bonds. The van der Waals surface area contributed by atoms with Crippen molar-refractivity contribution in [2.24, 2.45) is 5.92 Å². The van der Waals surface area contributed by atoms with E-state index in [1.165, 1.54) is 25.5 Å². The molecular formula is C15H22ClN3O. The van der Waals surface area contributed by atoms with Crippen molar-refractivity contribution in [1.29, 1.82) is 0 Å². The summed E-state index contributed by atoms with van der Waals surface area (Å²) in [5.41, 5.74) is 0.341. The number of aryl methyl sites for hydroxylation is 1. The van der Waals surface area contributed by atoms with Crippen LogP contribution in [0.2, 0.25) is 5.02 Å². The van der Waals surface area contributed by atoms with Crippen LogP contribution < -0.4 is 0 Å². The number of carbonyl (C=O) groups excluding carboxylic acids is 1. The minimum Gasteiger partial charge on any atom is -0.337 e. The van der Waals surface area contributed by atoms with Gasteiger partial charge in [-0.1, -0.05) is 31.4 Å². The number of hydrogen-bond acceptors (Lipinski definition) is 3. The molecule has 110 valence electrons. The lowest BCUT2D eigenvalue weighted by atomic mass is 9.96. The number of rotatable bonds is 3. The molecule has 1 unspecified atom stereocenters. The van der Waals surface area contributed by atoms with E-state index in [1.54, 1.807) is 6.92 Å². The second-order valence-electron chi connectivity index (χ2n) is 5.49. The highest BCUT2D eigenvalue weighted by atomic mass is 35.5. The van der Waals surface area contributed by atoms with E-state index in [9.17, 15) is 4.79 Å². The highest BCUT2D eigenvalue weighted by Crippen LogP contribution is 2.23. The average molecular weight is 296 g/mol. The first-order chi connectivity index (χ1) is 9.61. The van der Waals surface area contributed by atoms with E-state index < -0.39 is 0 Å². The molecule has 0 saturated carbocycles. The Bertz CT molecular complexity index is 478. The maximum Gasteiger partial charge on any atom is 0.274 e. The van der Waals surface area contributed by atoms with Crippen LogP contribution in [0.15, 0.2) is 6.20 Å². The maximum absolute atomic E-state index is 12.5.